The molecule has 0 aliphatic carbocycles. The van der Waals surface area contributed by atoms with Crippen LogP contribution in [0.2, 0.25) is 0 Å². The van der Waals surface area contributed by atoms with Gasteiger partial charge in [-0.15, -0.1) is 11.8 Å². The van der Waals surface area contributed by atoms with Gasteiger partial charge in [0.05, 0.1) is 11.9 Å². The summed E-state index contributed by atoms with van der Waals surface area (Å²) < 4.78 is 0. The van der Waals surface area contributed by atoms with Crippen molar-refractivity contribution in [3.05, 3.63) is 0 Å². The second-order valence-corrected chi connectivity index (χ2v) is 4.82. The molecule has 0 rings (SSSR count). The summed E-state index contributed by atoms with van der Waals surface area (Å²) in [4.78, 5) is 10.1. The van der Waals surface area contributed by atoms with E-state index in [1.54, 1.807) is 0 Å². The van der Waals surface area contributed by atoms with E-state index >= 15 is 0 Å². The molecule has 0 saturated heterocycles. The molecule has 4 heteroatoms. The molecular weight excluding hydrogens is 176 g/mol. The molecule has 2 N–H and O–H groups in total. The van der Waals surface area contributed by atoms with E-state index in [0.717, 1.165) is 0 Å². The Bertz CT molecular complexity index is 151. The van der Waals surface area contributed by atoms with Crippen molar-refractivity contribution in [3.8, 4) is 0 Å². The summed E-state index contributed by atoms with van der Waals surface area (Å²) in [7, 11) is 0. The molecule has 0 spiro atoms. The van der Waals surface area contributed by atoms with Crippen molar-refractivity contribution in [3.63, 3.8) is 0 Å². The molecule has 0 fully saturated rings. The summed E-state index contributed by atoms with van der Waals surface area (Å²) in [6.07, 6.45) is -0.443. The lowest BCUT2D eigenvalue weighted by Gasteiger charge is -2.25. The van der Waals surface area contributed by atoms with Gasteiger partial charge in [-0.05, 0) is 5.41 Å². The maximum atomic E-state index is 10.1. The summed E-state index contributed by atoms with van der Waals surface area (Å²) in [5.41, 5.74) is -0.161. The summed E-state index contributed by atoms with van der Waals surface area (Å²) in [5.74, 6) is -0.288. The molecule has 3 nitrogen and oxygen atoms in total. The third kappa shape index (κ3) is 5.43. The Kier molecular flexibility index (Phi) is 4.63. The highest BCUT2D eigenvalue weighted by molar-refractivity contribution is 7.99. The van der Waals surface area contributed by atoms with Gasteiger partial charge in [0.25, 0.3) is 0 Å². The van der Waals surface area contributed by atoms with Crippen molar-refractivity contribution in [1.82, 2.24) is 0 Å². The maximum Gasteiger partial charge on any atom is 0.313 e. The number of hydrogen-bond donors (Lipinski definition) is 2. The van der Waals surface area contributed by atoms with Gasteiger partial charge in [0.2, 0.25) is 0 Å². The highest BCUT2D eigenvalue weighted by atomic mass is 32.2. The molecule has 1 atom stereocenters. The van der Waals surface area contributed by atoms with Crippen LogP contribution in [0.4, 0.5) is 0 Å². The highest BCUT2D eigenvalue weighted by Crippen LogP contribution is 2.21. The first-order valence-corrected chi connectivity index (χ1v) is 4.97. The second-order valence-electron chi connectivity index (χ2n) is 3.79. The molecule has 0 heterocycles. The predicted molar refractivity (Wildman–Crippen MR) is 50.4 cm³/mol. The molecule has 0 aliphatic rings. The molecule has 0 radical (unpaired) electrons. The van der Waals surface area contributed by atoms with Crippen LogP contribution in [0.3, 0.4) is 0 Å². The van der Waals surface area contributed by atoms with Crippen LogP contribution in [0.15, 0.2) is 0 Å². The molecule has 0 bridgehead atoms. The van der Waals surface area contributed by atoms with Crippen LogP contribution < -0.4 is 0 Å². The first-order chi connectivity index (χ1) is 5.34. The third-order valence-corrected chi connectivity index (χ3v) is 2.50. The number of carboxylic acids is 1. The second kappa shape index (κ2) is 4.72. The largest absolute Gasteiger partial charge is 0.481 e. The number of hydrogen-bond acceptors (Lipinski definition) is 3. The van der Waals surface area contributed by atoms with Crippen molar-refractivity contribution in [2.24, 2.45) is 5.41 Å². The van der Waals surface area contributed by atoms with Crippen LogP contribution in [-0.4, -0.2) is 33.8 Å². The number of aliphatic carboxylic acids is 1. The van der Waals surface area contributed by atoms with Gasteiger partial charge in [-0.25, -0.2) is 0 Å². The van der Waals surface area contributed by atoms with Crippen molar-refractivity contribution >= 4 is 17.7 Å². The average molecular weight is 192 g/mol. The van der Waals surface area contributed by atoms with E-state index in [1.165, 1.54) is 11.8 Å². The lowest BCUT2D eigenvalue weighted by Crippen LogP contribution is -2.28. The van der Waals surface area contributed by atoms with Crippen LogP contribution in [0.5, 0.6) is 0 Å². The lowest BCUT2D eigenvalue weighted by atomic mass is 9.90. The quantitative estimate of drug-likeness (QED) is 0.703. The fraction of sp³-hybridized carbons (Fsp3) is 0.875. The molecule has 0 aromatic rings. The summed E-state index contributed by atoms with van der Waals surface area (Å²) >= 11 is 1.25. The zero-order valence-electron chi connectivity index (χ0n) is 7.70. The third-order valence-electron chi connectivity index (χ3n) is 1.50. The van der Waals surface area contributed by atoms with Crippen LogP contribution in [0.1, 0.15) is 20.8 Å². The van der Waals surface area contributed by atoms with Gasteiger partial charge in [-0.1, -0.05) is 20.8 Å². The molecule has 0 aromatic carbocycles. The SMILES string of the molecule is CC(C)(C)C(O)CSCC(=O)O. The van der Waals surface area contributed by atoms with Gasteiger partial charge in [0, 0.05) is 5.75 Å². The predicted octanol–water partition coefficient (Wildman–Crippen LogP) is 1.21. The van der Waals surface area contributed by atoms with E-state index in [2.05, 4.69) is 0 Å². The fourth-order valence-corrected chi connectivity index (χ4v) is 1.52. The average Bonchev–Trinajstić information content (AvgIpc) is 1.84. The van der Waals surface area contributed by atoms with E-state index in [0.29, 0.717) is 5.75 Å². The maximum absolute atomic E-state index is 10.1. The minimum Gasteiger partial charge on any atom is -0.481 e. The topological polar surface area (TPSA) is 57.5 Å². The van der Waals surface area contributed by atoms with Crippen LogP contribution in [0.25, 0.3) is 0 Å². The van der Waals surface area contributed by atoms with E-state index < -0.39 is 12.1 Å². The molecule has 1 unspecified atom stereocenters. The van der Waals surface area contributed by atoms with E-state index in [-0.39, 0.29) is 11.2 Å². The van der Waals surface area contributed by atoms with Gasteiger partial charge >= 0.3 is 5.97 Å². The van der Waals surface area contributed by atoms with Crippen LogP contribution >= 0.6 is 11.8 Å². The van der Waals surface area contributed by atoms with Crippen molar-refractivity contribution < 1.29 is 15.0 Å². The normalized spacial score (nSPS) is 14.3. The van der Waals surface area contributed by atoms with Gasteiger partial charge in [0.15, 0.2) is 0 Å². The molecule has 0 saturated carbocycles. The van der Waals surface area contributed by atoms with Crippen molar-refractivity contribution in [2.75, 3.05) is 11.5 Å². The fourth-order valence-electron chi connectivity index (χ4n) is 0.508. The number of carboxylic acid groups (broad SMARTS) is 1. The summed E-state index contributed by atoms with van der Waals surface area (Å²) in [6.45, 7) is 5.79. The number of aliphatic hydroxyl groups excluding tert-OH is 1. The Morgan fingerprint density at radius 2 is 2.00 bits per heavy atom. The Morgan fingerprint density at radius 1 is 1.50 bits per heavy atom. The molecule has 12 heavy (non-hydrogen) atoms. The standard InChI is InChI=1S/C8H16O3S/c1-8(2,3)6(9)4-12-5-7(10)11/h6,9H,4-5H2,1-3H3,(H,10,11). The number of carbonyl (C=O) groups is 1. The van der Waals surface area contributed by atoms with Gasteiger partial charge in [-0.2, -0.15) is 0 Å². The van der Waals surface area contributed by atoms with E-state index in [1.807, 2.05) is 20.8 Å². The van der Waals surface area contributed by atoms with Crippen molar-refractivity contribution in [2.45, 2.75) is 26.9 Å². The number of rotatable bonds is 4. The van der Waals surface area contributed by atoms with Crippen molar-refractivity contribution in [1.29, 1.82) is 0 Å². The first kappa shape index (κ1) is 11.8. The van der Waals surface area contributed by atoms with Crippen LogP contribution in [-0.2, 0) is 4.79 Å². The molecule has 0 aromatic heterocycles. The Hall–Kier alpha value is -0.220. The number of thioether (sulfide) groups is 1. The lowest BCUT2D eigenvalue weighted by molar-refractivity contribution is -0.133. The molecule has 72 valence electrons. The number of aliphatic hydroxyl groups is 1. The Balaban J connectivity index is 3.58. The Morgan fingerprint density at radius 3 is 2.33 bits per heavy atom. The molecule has 0 aliphatic heterocycles. The summed E-state index contributed by atoms with van der Waals surface area (Å²) in [5, 5.41) is 17.8. The minimum atomic E-state index is -0.832. The van der Waals surface area contributed by atoms with Gasteiger partial charge in [-0.3, -0.25) is 4.79 Å². The first-order valence-electron chi connectivity index (χ1n) is 3.81. The van der Waals surface area contributed by atoms with E-state index in [4.69, 9.17) is 5.11 Å². The monoisotopic (exact) mass is 192 g/mol. The van der Waals surface area contributed by atoms with Gasteiger partial charge in [0.1, 0.15) is 0 Å². The van der Waals surface area contributed by atoms with Crippen LogP contribution in [0, 0.1) is 5.41 Å². The highest BCUT2D eigenvalue weighted by Gasteiger charge is 2.21. The zero-order valence-corrected chi connectivity index (χ0v) is 8.52. The van der Waals surface area contributed by atoms with E-state index in [9.17, 15) is 9.90 Å². The molecular formula is C8H16O3S. The minimum absolute atomic E-state index is 0.0626. The zero-order chi connectivity index (χ0) is 9.78. The Labute approximate surface area is 77.2 Å². The molecule has 0 amide bonds. The summed E-state index contributed by atoms with van der Waals surface area (Å²) in [6, 6.07) is 0. The van der Waals surface area contributed by atoms with Gasteiger partial charge < -0.3 is 10.2 Å². The smallest absolute Gasteiger partial charge is 0.313 e.